The number of hydrogen-bond acceptors (Lipinski definition) is 4. The van der Waals surface area contributed by atoms with Crippen molar-refractivity contribution in [2.75, 3.05) is 16.8 Å². The Morgan fingerprint density at radius 3 is 2.86 bits per heavy atom. The maximum atomic E-state index is 13.0. The molecule has 7 nitrogen and oxygen atoms in total. The largest absolute Gasteiger partial charge is 0.340 e. The summed E-state index contributed by atoms with van der Waals surface area (Å²) < 4.78 is 0. The number of nitrogens with one attached hydrogen (secondary N) is 2. The Morgan fingerprint density at radius 1 is 1.14 bits per heavy atom. The fraction of sp³-hybridized carbons (Fsp3) is 0.182. The van der Waals surface area contributed by atoms with E-state index >= 15 is 0 Å². The van der Waals surface area contributed by atoms with Gasteiger partial charge in [0.05, 0.1) is 11.7 Å². The van der Waals surface area contributed by atoms with Gasteiger partial charge in [-0.15, -0.1) is 0 Å². The molecular weight excluding hydrogens is 366 g/mol. The maximum absolute atomic E-state index is 13.0. The number of anilines is 2. The Morgan fingerprint density at radius 2 is 2.00 bits per heavy atom. The fourth-order valence-corrected chi connectivity index (χ4v) is 4.06. The minimum atomic E-state index is -0.355. The summed E-state index contributed by atoms with van der Waals surface area (Å²) in [6.07, 6.45) is 4.01. The van der Waals surface area contributed by atoms with Crippen LogP contribution in [0.4, 0.5) is 16.3 Å². The van der Waals surface area contributed by atoms with Crippen LogP contribution in [0.15, 0.2) is 54.9 Å². The van der Waals surface area contributed by atoms with Crippen molar-refractivity contribution >= 4 is 23.4 Å². The first-order valence-corrected chi connectivity index (χ1v) is 9.51. The predicted molar refractivity (Wildman–Crippen MR) is 109 cm³/mol. The van der Waals surface area contributed by atoms with Crippen LogP contribution in [0.3, 0.4) is 0 Å². The number of hydrogen-bond donors (Lipinski definition) is 2. The Balaban J connectivity index is 1.51. The van der Waals surface area contributed by atoms with E-state index in [1.807, 2.05) is 43.3 Å². The Kier molecular flexibility index (Phi) is 4.01. The van der Waals surface area contributed by atoms with Gasteiger partial charge < -0.3 is 10.6 Å². The molecule has 1 unspecified atom stereocenters. The molecule has 0 saturated carbocycles. The zero-order chi connectivity index (χ0) is 20.0. The van der Waals surface area contributed by atoms with E-state index in [2.05, 4.69) is 20.6 Å². The second-order valence-corrected chi connectivity index (χ2v) is 7.20. The zero-order valence-corrected chi connectivity index (χ0v) is 15.8. The molecule has 2 N–H and O–H groups in total. The highest BCUT2D eigenvalue weighted by Crippen LogP contribution is 2.37. The zero-order valence-electron chi connectivity index (χ0n) is 15.8. The van der Waals surface area contributed by atoms with Gasteiger partial charge in [-0.3, -0.25) is 14.7 Å². The van der Waals surface area contributed by atoms with Crippen LogP contribution in [-0.4, -0.2) is 28.5 Å². The predicted octanol–water partition coefficient (Wildman–Crippen LogP) is 3.21. The molecule has 0 saturated heterocycles. The summed E-state index contributed by atoms with van der Waals surface area (Å²) >= 11 is 0. The van der Waals surface area contributed by atoms with E-state index in [4.69, 9.17) is 0 Å². The number of aromatic nitrogens is 2. The number of carbonyl (C=O) groups is 2. The number of carbonyl (C=O) groups excluding carboxylic acids is 2. The number of fused-ring (bicyclic) bond motifs is 2. The average Bonchev–Trinajstić information content (AvgIpc) is 3.31. The molecule has 144 valence electrons. The average molecular weight is 385 g/mol. The van der Waals surface area contributed by atoms with Crippen LogP contribution in [0.1, 0.15) is 38.8 Å². The molecule has 0 aliphatic carbocycles. The fourth-order valence-electron chi connectivity index (χ4n) is 4.06. The van der Waals surface area contributed by atoms with E-state index in [1.54, 1.807) is 23.4 Å². The molecule has 0 fully saturated rings. The van der Waals surface area contributed by atoms with E-state index in [0.29, 0.717) is 29.3 Å². The first kappa shape index (κ1) is 17.4. The number of amides is 3. The highest BCUT2D eigenvalue weighted by molar-refractivity contribution is 6.05. The number of benzene rings is 1. The molecule has 4 heterocycles. The molecule has 1 atom stereocenters. The van der Waals surface area contributed by atoms with Crippen LogP contribution in [0.2, 0.25) is 0 Å². The van der Waals surface area contributed by atoms with Gasteiger partial charge in [-0.25, -0.2) is 9.78 Å². The van der Waals surface area contributed by atoms with Crippen LogP contribution in [0, 0.1) is 6.92 Å². The molecule has 2 aliphatic heterocycles. The van der Waals surface area contributed by atoms with Crippen LogP contribution in [0.5, 0.6) is 0 Å². The standard InChI is InChI=1S/C22H19N5O2/c1-13-5-2-3-7-15(13)18-17-16(8-11-23-19(17)21(28)26-18)25-22(29)27-12-9-14-6-4-10-24-20(14)27/h2-8,10-11,18H,9,12H2,1H3,(H,26,28)(H,23,25,29). The second kappa shape index (κ2) is 6.70. The highest BCUT2D eigenvalue weighted by atomic mass is 16.2. The number of aryl methyl sites for hydroxylation is 1. The summed E-state index contributed by atoms with van der Waals surface area (Å²) in [5, 5.41) is 5.98. The summed E-state index contributed by atoms with van der Waals surface area (Å²) in [6, 6.07) is 12.9. The van der Waals surface area contributed by atoms with Gasteiger partial charge >= 0.3 is 6.03 Å². The van der Waals surface area contributed by atoms with E-state index in [9.17, 15) is 9.59 Å². The topological polar surface area (TPSA) is 87.2 Å². The lowest BCUT2D eigenvalue weighted by atomic mass is 9.95. The number of pyridine rings is 2. The Hall–Kier alpha value is -3.74. The van der Waals surface area contributed by atoms with E-state index in [0.717, 1.165) is 23.1 Å². The normalized spacial score (nSPS) is 16.9. The lowest BCUT2D eigenvalue weighted by Crippen LogP contribution is -2.34. The molecule has 5 rings (SSSR count). The van der Waals surface area contributed by atoms with E-state index < -0.39 is 0 Å². The molecule has 2 aliphatic rings. The minimum Gasteiger partial charge on any atom is -0.340 e. The van der Waals surface area contributed by atoms with Crippen molar-refractivity contribution < 1.29 is 9.59 Å². The van der Waals surface area contributed by atoms with Crippen molar-refractivity contribution in [1.29, 1.82) is 0 Å². The number of nitrogens with zero attached hydrogens (tertiary/aromatic N) is 3. The molecule has 2 aromatic heterocycles. The van der Waals surface area contributed by atoms with Gasteiger partial charge in [0.15, 0.2) is 0 Å². The number of urea groups is 1. The molecule has 7 heteroatoms. The van der Waals surface area contributed by atoms with Crippen molar-refractivity contribution in [3.05, 3.63) is 82.8 Å². The SMILES string of the molecule is Cc1ccccc1C1NC(=O)c2nccc(NC(=O)N3CCc4cccnc43)c21. The summed E-state index contributed by atoms with van der Waals surface area (Å²) in [6.45, 7) is 2.57. The molecule has 0 radical (unpaired) electrons. The lowest BCUT2D eigenvalue weighted by molar-refractivity contribution is 0.0956. The third-order valence-electron chi connectivity index (χ3n) is 5.48. The monoisotopic (exact) mass is 385 g/mol. The lowest BCUT2D eigenvalue weighted by Gasteiger charge is -2.21. The molecule has 0 bridgehead atoms. The summed E-state index contributed by atoms with van der Waals surface area (Å²) in [4.78, 5) is 35.8. The summed E-state index contributed by atoms with van der Waals surface area (Å²) in [5.74, 6) is 0.442. The van der Waals surface area contributed by atoms with Crippen LogP contribution >= 0.6 is 0 Å². The Bertz CT molecular complexity index is 1140. The van der Waals surface area contributed by atoms with Crippen molar-refractivity contribution in [3.63, 3.8) is 0 Å². The molecular formula is C22H19N5O2. The van der Waals surface area contributed by atoms with E-state index in [1.165, 1.54) is 0 Å². The third-order valence-corrected chi connectivity index (χ3v) is 5.48. The third kappa shape index (κ3) is 2.82. The minimum absolute atomic E-state index is 0.238. The second-order valence-electron chi connectivity index (χ2n) is 7.20. The van der Waals surface area contributed by atoms with Gasteiger partial charge in [-0.1, -0.05) is 30.3 Å². The molecule has 0 spiro atoms. The van der Waals surface area contributed by atoms with Gasteiger partial charge in [0.25, 0.3) is 5.91 Å². The first-order valence-electron chi connectivity index (χ1n) is 9.51. The summed E-state index contributed by atoms with van der Waals surface area (Å²) in [5.41, 5.74) is 4.71. The smallest absolute Gasteiger partial charge is 0.327 e. The van der Waals surface area contributed by atoms with Gasteiger partial charge in [-0.2, -0.15) is 0 Å². The van der Waals surface area contributed by atoms with Gasteiger partial charge in [0, 0.05) is 24.5 Å². The van der Waals surface area contributed by atoms with Crippen LogP contribution in [-0.2, 0) is 6.42 Å². The van der Waals surface area contributed by atoms with Crippen molar-refractivity contribution in [2.24, 2.45) is 0 Å². The van der Waals surface area contributed by atoms with Gasteiger partial charge in [0.2, 0.25) is 0 Å². The van der Waals surface area contributed by atoms with Crippen LogP contribution < -0.4 is 15.5 Å². The maximum Gasteiger partial charge on any atom is 0.327 e. The van der Waals surface area contributed by atoms with Crippen molar-refractivity contribution in [1.82, 2.24) is 15.3 Å². The van der Waals surface area contributed by atoms with Crippen LogP contribution in [0.25, 0.3) is 0 Å². The molecule has 29 heavy (non-hydrogen) atoms. The molecule has 1 aromatic carbocycles. The van der Waals surface area contributed by atoms with Crippen molar-refractivity contribution in [3.8, 4) is 0 Å². The quantitative estimate of drug-likeness (QED) is 0.709. The Labute approximate surface area is 167 Å². The number of rotatable bonds is 2. The van der Waals surface area contributed by atoms with Gasteiger partial charge in [-0.05, 0) is 42.2 Å². The molecule has 3 amide bonds. The van der Waals surface area contributed by atoms with E-state index in [-0.39, 0.29) is 18.0 Å². The molecule has 3 aromatic rings. The van der Waals surface area contributed by atoms with Crippen molar-refractivity contribution in [2.45, 2.75) is 19.4 Å². The summed E-state index contributed by atoms with van der Waals surface area (Å²) in [7, 11) is 0. The van der Waals surface area contributed by atoms with Gasteiger partial charge in [0.1, 0.15) is 11.5 Å². The first-order chi connectivity index (χ1) is 14.1. The highest BCUT2D eigenvalue weighted by Gasteiger charge is 2.35.